The first-order valence-electron chi connectivity index (χ1n) is 6.19. The Morgan fingerprint density at radius 1 is 1.65 bits per heavy atom. The molecule has 4 heteroatoms. The fraction of sp³-hybridized carbons (Fsp3) is 0.615. The minimum atomic E-state index is -0.105. The van der Waals surface area contributed by atoms with Crippen LogP contribution in [0.3, 0.4) is 0 Å². The molecule has 0 spiro atoms. The normalized spacial score (nSPS) is 24.2. The molecule has 0 aliphatic carbocycles. The predicted molar refractivity (Wildman–Crippen MR) is 71.0 cm³/mol. The summed E-state index contributed by atoms with van der Waals surface area (Å²) in [5, 5.41) is 2.06. The Bertz CT molecular complexity index is 377. The Balaban J connectivity index is 1.91. The topological polar surface area (TPSA) is 46.3 Å². The summed E-state index contributed by atoms with van der Waals surface area (Å²) in [6.45, 7) is 3.54. The Kier molecular flexibility index (Phi) is 3.84. The minimum Gasteiger partial charge on any atom is -0.336 e. The Morgan fingerprint density at radius 3 is 3.12 bits per heavy atom. The van der Waals surface area contributed by atoms with Crippen LogP contribution in [0.5, 0.6) is 0 Å². The maximum Gasteiger partial charge on any atom is 0.223 e. The van der Waals surface area contributed by atoms with Gasteiger partial charge < -0.3 is 10.6 Å². The van der Waals surface area contributed by atoms with Crippen molar-refractivity contribution in [2.75, 3.05) is 13.1 Å². The molecule has 1 aromatic heterocycles. The lowest BCUT2D eigenvalue weighted by atomic mass is 9.99. The quantitative estimate of drug-likeness (QED) is 0.891. The lowest BCUT2D eigenvalue weighted by Crippen LogP contribution is -2.50. The fourth-order valence-corrected chi connectivity index (χ4v) is 3.19. The number of nitrogens with zero attached hydrogens (tertiary/aromatic N) is 1. The molecule has 0 aromatic carbocycles. The summed E-state index contributed by atoms with van der Waals surface area (Å²) < 4.78 is 0. The molecule has 1 unspecified atom stereocenters. The highest BCUT2D eigenvalue weighted by molar-refractivity contribution is 7.09. The van der Waals surface area contributed by atoms with E-state index in [2.05, 4.69) is 18.4 Å². The molecule has 3 nitrogen and oxygen atoms in total. The molecule has 1 aliphatic heterocycles. The van der Waals surface area contributed by atoms with Gasteiger partial charge in [-0.2, -0.15) is 0 Å². The zero-order valence-electron chi connectivity index (χ0n) is 10.3. The Hall–Kier alpha value is -0.870. The van der Waals surface area contributed by atoms with Gasteiger partial charge in [0.25, 0.3) is 0 Å². The van der Waals surface area contributed by atoms with E-state index in [1.807, 2.05) is 11.0 Å². The Morgan fingerprint density at radius 2 is 2.47 bits per heavy atom. The average molecular weight is 252 g/mol. The van der Waals surface area contributed by atoms with E-state index in [1.165, 1.54) is 4.88 Å². The van der Waals surface area contributed by atoms with Crippen LogP contribution in [0.1, 0.15) is 31.1 Å². The summed E-state index contributed by atoms with van der Waals surface area (Å²) in [5.41, 5.74) is 5.69. The van der Waals surface area contributed by atoms with E-state index in [-0.39, 0.29) is 11.4 Å². The zero-order chi connectivity index (χ0) is 12.3. The van der Waals surface area contributed by atoms with Crippen molar-refractivity contribution in [3.63, 3.8) is 0 Å². The number of hydrogen-bond donors (Lipinski definition) is 1. The summed E-state index contributed by atoms with van der Waals surface area (Å²) in [6.07, 6.45) is 3.58. The number of likely N-dealkylation sites (tertiary alicyclic amines) is 1. The number of rotatable bonds is 4. The molecule has 17 heavy (non-hydrogen) atoms. The monoisotopic (exact) mass is 252 g/mol. The van der Waals surface area contributed by atoms with Crippen LogP contribution in [0.25, 0.3) is 0 Å². The van der Waals surface area contributed by atoms with Crippen LogP contribution in [0.2, 0.25) is 0 Å². The number of carbonyl (C=O) groups is 1. The molecule has 1 atom stereocenters. The second-order valence-electron chi connectivity index (χ2n) is 4.93. The number of amides is 1. The second kappa shape index (κ2) is 5.19. The van der Waals surface area contributed by atoms with Crippen LogP contribution in [-0.4, -0.2) is 29.4 Å². The van der Waals surface area contributed by atoms with E-state index in [0.717, 1.165) is 25.8 Å². The van der Waals surface area contributed by atoms with Crippen LogP contribution < -0.4 is 5.73 Å². The van der Waals surface area contributed by atoms with Crippen molar-refractivity contribution in [2.45, 2.75) is 38.1 Å². The number of thiophene rings is 1. The molecule has 1 amide bonds. The predicted octanol–water partition coefficient (Wildman–Crippen LogP) is 2.02. The van der Waals surface area contributed by atoms with Crippen LogP contribution in [0.4, 0.5) is 0 Å². The molecule has 2 rings (SSSR count). The second-order valence-corrected chi connectivity index (χ2v) is 5.96. The molecule has 2 heterocycles. The van der Waals surface area contributed by atoms with E-state index < -0.39 is 0 Å². The lowest BCUT2D eigenvalue weighted by Gasteiger charge is -2.34. The number of aryl methyl sites for hydroxylation is 1. The van der Waals surface area contributed by atoms with E-state index in [9.17, 15) is 4.79 Å². The van der Waals surface area contributed by atoms with Crippen molar-refractivity contribution in [3.8, 4) is 0 Å². The average Bonchev–Trinajstić information content (AvgIpc) is 2.95. The van der Waals surface area contributed by atoms with Gasteiger partial charge >= 0.3 is 0 Å². The third-order valence-corrected chi connectivity index (χ3v) is 4.59. The van der Waals surface area contributed by atoms with Crippen LogP contribution in [0, 0.1) is 0 Å². The van der Waals surface area contributed by atoms with Crippen molar-refractivity contribution >= 4 is 17.2 Å². The molecular formula is C13H20N2OS. The molecule has 1 fully saturated rings. The maximum atomic E-state index is 12.2. The van der Waals surface area contributed by atoms with Gasteiger partial charge in [-0.05, 0) is 37.6 Å². The number of hydrogen-bond acceptors (Lipinski definition) is 3. The van der Waals surface area contributed by atoms with E-state index in [1.54, 1.807) is 11.3 Å². The first kappa shape index (κ1) is 12.6. The van der Waals surface area contributed by atoms with E-state index in [4.69, 9.17) is 5.73 Å². The van der Waals surface area contributed by atoms with Crippen LogP contribution >= 0.6 is 11.3 Å². The fourth-order valence-electron chi connectivity index (χ4n) is 2.48. The standard InChI is InChI=1S/C13H20N2OS/c1-13(10-14)7-3-8-15(13)12(16)6-5-11-4-2-9-17-11/h2,4,9H,3,5-8,10,14H2,1H3. The largest absolute Gasteiger partial charge is 0.336 e. The van der Waals surface area contributed by atoms with Gasteiger partial charge in [0.05, 0.1) is 5.54 Å². The van der Waals surface area contributed by atoms with Crippen molar-refractivity contribution in [2.24, 2.45) is 5.73 Å². The molecule has 1 aliphatic rings. The minimum absolute atomic E-state index is 0.105. The summed E-state index contributed by atoms with van der Waals surface area (Å²) >= 11 is 1.72. The highest BCUT2D eigenvalue weighted by atomic mass is 32.1. The van der Waals surface area contributed by atoms with Crippen LogP contribution in [0.15, 0.2) is 17.5 Å². The third kappa shape index (κ3) is 2.69. The molecule has 0 radical (unpaired) electrons. The summed E-state index contributed by atoms with van der Waals surface area (Å²) in [6, 6.07) is 4.12. The van der Waals surface area contributed by atoms with Crippen molar-refractivity contribution in [1.29, 1.82) is 0 Å². The summed E-state index contributed by atoms with van der Waals surface area (Å²) in [5.74, 6) is 0.254. The van der Waals surface area contributed by atoms with E-state index >= 15 is 0 Å². The molecule has 0 saturated carbocycles. The number of carbonyl (C=O) groups excluding carboxylic acids is 1. The molecular weight excluding hydrogens is 232 g/mol. The Labute approximate surface area is 107 Å². The van der Waals surface area contributed by atoms with Gasteiger partial charge in [-0.15, -0.1) is 11.3 Å². The van der Waals surface area contributed by atoms with Gasteiger partial charge in [0.1, 0.15) is 0 Å². The maximum absolute atomic E-state index is 12.2. The molecule has 1 saturated heterocycles. The van der Waals surface area contributed by atoms with Gasteiger partial charge in [-0.1, -0.05) is 6.07 Å². The molecule has 0 bridgehead atoms. The molecule has 2 N–H and O–H groups in total. The first-order valence-corrected chi connectivity index (χ1v) is 7.06. The summed E-state index contributed by atoms with van der Waals surface area (Å²) in [4.78, 5) is 15.5. The smallest absolute Gasteiger partial charge is 0.223 e. The summed E-state index contributed by atoms with van der Waals surface area (Å²) in [7, 11) is 0. The third-order valence-electron chi connectivity index (χ3n) is 3.65. The van der Waals surface area contributed by atoms with Gasteiger partial charge in [0, 0.05) is 24.4 Å². The van der Waals surface area contributed by atoms with Crippen LogP contribution in [-0.2, 0) is 11.2 Å². The number of nitrogens with two attached hydrogens (primary N) is 1. The van der Waals surface area contributed by atoms with Crippen molar-refractivity contribution < 1.29 is 4.79 Å². The van der Waals surface area contributed by atoms with Gasteiger partial charge in [0.2, 0.25) is 5.91 Å². The van der Waals surface area contributed by atoms with Crippen molar-refractivity contribution in [1.82, 2.24) is 4.90 Å². The SMILES string of the molecule is CC1(CN)CCCN1C(=O)CCc1cccs1. The van der Waals surface area contributed by atoms with Gasteiger partial charge in [-0.3, -0.25) is 4.79 Å². The lowest BCUT2D eigenvalue weighted by molar-refractivity contribution is -0.134. The van der Waals surface area contributed by atoms with Crippen molar-refractivity contribution in [3.05, 3.63) is 22.4 Å². The van der Waals surface area contributed by atoms with E-state index in [0.29, 0.717) is 13.0 Å². The van der Waals surface area contributed by atoms with Gasteiger partial charge in [0.15, 0.2) is 0 Å². The zero-order valence-corrected chi connectivity index (χ0v) is 11.1. The van der Waals surface area contributed by atoms with Gasteiger partial charge in [-0.25, -0.2) is 0 Å². The molecule has 1 aromatic rings. The molecule has 94 valence electrons. The highest BCUT2D eigenvalue weighted by Crippen LogP contribution is 2.28. The highest BCUT2D eigenvalue weighted by Gasteiger charge is 2.37. The first-order chi connectivity index (χ1) is 8.15.